The van der Waals surface area contributed by atoms with Crippen molar-refractivity contribution in [3.8, 4) is 5.75 Å². The Balaban J connectivity index is 1.43. The standard InChI is InChI=1S/C23H29F2N3O2/c1-17(23(29)26-10-9-18-3-5-20(24)6-4-18)28-13-11-27(12-14-28)16-19-15-21(25)7-8-22(19)30-2/h3-8,15,17H,9-14,16H2,1-2H3,(H,26,29)/p+2/t17-/m0/s1. The van der Waals surface area contributed by atoms with E-state index in [0.29, 0.717) is 25.3 Å². The highest BCUT2D eigenvalue weighted by atomic mass is 19.1. The van der Waals surface area contributed by atoms with E-state index in [-0.39, 0.29) is 23.6 Å². The van der Waals surface area contributed by atoms with Crippen LogP contribution < -0.4 is 19.9 Å². The maximum Gasteiger partial charge on any atom is 0.278 e. The van der Waals surface area contributed by atoms with Crippen molar-refractivity contribution in [3.05, 3.63) is 65.2 Å². The highest BCUT2D eigenvalue weighted by molar-refractivity contribution is 5.79. The summed E-state index contributed by atoms with van der Waals surface area (Å²) < 4.78 is 31.9. The number of hydrogen-bond donors (Lipinski definition) is 3. The third-order valence-electron chi connectivity index (χ3n) is 5.91. The first kappa shape index (κ1) is 22.2. The van der Waals surface area contributed by atoms with Crippen molar-refractivity contribution >= 4 is 5.91 Å². The molecule has 1 aliphatic rings. The van der Waals surface area contributed by atoms with Crippen LogP contribution in [0.5, 0.6) is 5.75 Å². The first-order chi connectivity index (χ1) is 14.5. The molecule has 1 heterocycles. The summed E-state index contributed by atoms with van der Waals surface area (Å²) in [5.74, 6) is 0.257. The molecule has 1 aliphatic heterocycles. The molecule has 5 nitrogen and oxygen atoms in total. The number of rotatable bonds is 8. The molecule has 162 valence electrons. The van der Waals surface area contributed by atoms with Gasteiger partial charge in [0.2, 0.25) is 0 Å². The molecule has 0 aromatic heterocycles. The van der Waals surface area contributed by atoms with Crippen LogP contribution in [0.25, 0.3) is 0 Å². The molecule has 0 spiro atoms. The van der Waals surface area contributed by atoms with Gasteiger partial charge in [-0.3, -0.25) is 4.79 Å². The Bertz CT molecular complexity index is 837. The van der Waals surface area contributed by atoms with Crippen molar-refractivity contribution in [1.82, 2.24) is 5.32 Å². The fourth-order valence-electron chi connectivity index (χ4n) is 4.01. The predicted octanol–water partition coefficient (Wildman–Crippen LogP) is 0.00420. The van der Waals surface area contributed by atoms with Gasteiger partial charge in [-0.15, -0.1) is 0 Å². The number of carbonyl (C=O) groups is 1. The van der Waals surface area contributed by atoms with Gasteiger partial charge < -0.3 is 19.9 Å². The maximum absolute atomic E-state index is 13.6. The molecule has 1 atom stereocenters. The molecule has 2 aromatic carbocycles. The molecule has 0 saturated carbocycles. The van der Waals surface area contributed by atoms with Gasteiger partial charge in [0.25, 0.3) is 5.91 Å². The molecule has 0 bridgehead atoms. The maximum atomic E-state index is 13.6. The normalized spacial score (nSPS) is 19.9. The van der Waals surface area contributed by atoms with Gasteiger partial charge in [0, 0.05) is 6.54 Å². The second kappa shape index (κ2) is 10.5. The van der Waals surface area contributed by atoms with Crippen LogP contribution in [0.1, 0.15) is 18.1 Å². The topological polar surface area (TPSA) is 47.2 Å². The van der Waals surface area contributed by atoms with Gasteiger partial charge in [0.1, 0.15) is 50.1 Å². The molecule has 0 unspecified atom stereocenters. The van der Waals surface area contributed by atoms with Crippen molar-refractivity contribution in [2.24, 2.45) is 0 Å². The zero-order chi connectivity index (χ0) is 21.5. The van der Waals surface area contributed by atoms with Crippen molar-refractivity contribution < 1.29 is 28.1 Å². The second-order valence-corrected chi connectivity index (χ2v) is 7.93. The summed E-state index contributed by atoms with van der Waals surface area (Å²) >= 11 is 0. The molecule has 1 fully saturated rings. The summed E-state index contributed by atoms with van der Waals surface area (Å²) in [6.45, 7) is 6.83. The third kappa shape index (κ3) is 6.00. The molecular formula is C23H31F2N3O2+2. The van der Waals surface area contributed by atoms with Gasteiger partial charge in [-0.05, 0) is 49.2 Å². The largest absolute Gasteiger partial charge is 0.496 e. The van der Waals surface area contributed by atoms with E-state index in [4.69, 9.17) is 4.74 Å². The Morgan fingerprint density at radius 2 is 1.73 bits per heavy atom. The van der Waals surface area contributed by atoms with Crippen molar-refractivity contribution in [3.63, 3.8) is 0 Å². The Morgan fingerprint density at radius 1 is 1.07 bits per heavy atom. The lowest BCUT2D eigenvalue weighted by Gasteiger charge is -2.32. The number of carbonyl (C=O) groups excluding carboxylic acids is 1. The predicted molar refractivity (Wildman–Crippen MR) is 111 cm³/mol. The monoisotopic (exact) mass is 419 g/mol. The lowest BCUT2D eigenvalue weighted by molar-refractivity contribution is -1.02. The van der Waals surface area contributed by atoms with Crippen molar-refractivity contribution in [1.29, 1.82) is 0 Å². The Labute approximate surface area is 176 Å². The average Bonchev–Trinajstić information content (AvgIpc) is 2.75. The summed E-state index contributed by atoms with van der Waals surface area (Å²) in [4.78, 5) is 15.2. The lowest BCUT2D eigenvalue weighted by atomic mass is 10.1. The molecule has 7 heteroatoms. The molecule has 1 amide bonds. The van der Waals surface area contributed by atoms with Crippen LogP contribution in [0.3, 0.4) is 0 Å². The first-order valence-corrected chi connectivity index (χ1v) is 10.5. The fourth-order valence-corrected chi connectivity index (χ4v) is 4.01. The van der Waals surface area contributed by atoms with Crippen LogP contribution in [-0.2, 0) is 17.8 Å². The highest BCUT2D eigenvalue weighted by Gasteiger charge is 2.31. The van der Waals surface area contributed by atoms with E-state index < -0.39 is 0 Å². The molecule has 0 radical (unpaired) electrons. The van der Waals surface area contributed by atoms with E-state index >= 15 is 0 Å². The third-order valence-corrected chi connectivity index (χ3v) is 5.91. The fraction of sp³-hybridized carbons (Fsp3) is 0.435. The number of piperazine rings is 1. The molecule has 1 saturated heterocycles. The number of ether oxygens (including phenoxy) is 1. The second-order valence-electron chi connectivity index (χ2n) is 7.93. The van der Waals surface area contributed by atoms with Gasteiger partial charge in [-0.2, -0.15) is 0 Å². The molecule has 30 heavy (non-hydrogen) atoms. The van der Waals surface area contributed by atoms with E-state index in [1.54, 1.807) is 31.4 Å². The minimum atomic E-state index is -0.253. The molecule has 2 aromatic rings. The molecule has 0 aliphatic carbocycles. The average molecular weight is 420 g/mol. The van der Waals surface area contributed by atoms with Crippen LogP contribution in [0, 0.1) is 11.6 Å². The zero-order valence-corrected chi connectivity index (χ0v) is 17.6. The van der Waals surface area contributed by atoms with Gasteiger partial charge in [0.05, 0.1) is 12.7 Å². The van der Waals surface area contributed by atoms with E-state index in [1.165, 1.54) is 28.0 Å². The summed E-state index contributed by atoms with van der Waals surface area (Å²) in [5, 5.41) is 3.00. The number of hydrogen-bond acceptors (Lipinski definition) is 2. The number of halogens is 2. The summed E-state index contributed by atoms with van der Waals surface area (Å²) in [7, 11) is 1.60. The lowest BCUT2D eigenvalue weighted by Crippen LogP contribution is -3.29. The van der Waals surface area contributed by atoms with Gasteiger partial charge in [-0.25, -0.2) is 8.78 Å². The molecule has 3 N–H and O–H groups in total. The number of quaternary nitrogens is 2. The van der Waals surface area contributed by atoms with Crippen molar-refractivity contribution in [2.75, 3.05) is 39.8 Å². The summed E-state index contributed by atoms with van der Waals surface area (Å²) in [5.41, 5.74) is 1.88. The van der Waals surface area contributed by atoms with E-state index in [2.05, 4.69) is 5.32 Å². The van der Waals surface area contributed by atoms with E-state index in [1.807, 2.05) is 6.92 Å². The van der Waals surface area contributed by atoms with Crippen molar-refractivity contribution in [2.45, 2.75) is 25.9 Å². The van der Waals surface area contributed by atoms with Crippen LogP contribution in [0.15, 0.2) is 42.5 Å². The number of nitrogens with one attached hydrogen (secondary N) is 3. The van der Waals surface area contributed by atoms with Gasteiger partial charge in [0.15, 0.2) is 6.04 Å². The Morgan fingerprint density at radius 3 is 2.40 bits per heavy atom. The minimum Gasteiger partial charge on any atom is -0.496 e. The zero-order valence-electron chi connectivity index (χ0n) is 17.6. The quantitative estimate of drug-likeness (QED) is 0.565. The number of benzene rings is 2. The van der Waals surface area contributed by atoms with Gasteiger partial charge in [-0.1, -0.05) is 12.1 Å². The number of amides is 1. The van der Waals surface area contributed by atoms with Crippen LogP contribution in [-0.4, -0.2) is 51.8 Å². The molecule has 3 rings (SSSR count). The minimum absolute atomic E-state index is 0.0439. The summed E-state index contributed by atoms with van der Waals surface area (Å²) in [6.07, 6.45) is 0.682. The first-order valence-electron chi connectivity index (χ1n) is 10.5. The smallest absolute Gasteiger partial charge is 0.278 e. The number of methoxy groups -OCH3 is 1. The Kier molecular flexibility index (Phi) is 7.76. The van der Waals surface area contributed by atoms with E-state index in [0.717, 1.165) is 37.3 Å². The molecular weight excluding hydrogens is 388 g/mol. The van der Waals surface area contributed by atoms with Crippen LogP contribution >= 0.6 is 0 Å². The van der Waals surface area contributed by atoms with Crippen LogP contribution in [0.2, 0.25) is 0 Å². The summed E-state index contributed by atoms with van der Waals surface area (Å²) in [6, 6.07) is 10.9. The van der Waals surface area contributed by atoms with Crippen LogP contribution in [0.4, 0.5) is 8.78 Å². The Hall–Kier alpha value is -2.51. The SMILES string of the molecule is COc1ccc(F)cc1C[NH+]1CC[NH+]([C@@H](C)C(=O)NCCc2ccc(F)cc2)CC1. The van der Waals surface area contributed by atoms with Gasteiger partial charge >= 0.3 is 0 Å². The van der Waals surface area contributed by atoms with E-state index in [9.17, 15) is 13.6 Å². The highest BCUT2D eigenvalue weighted by Crippen LogP contribution is 2.18.